The zero-order valence-electron chi connectivity index (χ0n) is 11.8. The van der Waals surface area contributed by atoms with Crippen LogP contribution in [0.15, 0.2) is 30.3 Å². The van der Waals surface area contributed by atoms with Gasteiger partial charge in [-0.05, 0) is 23.8 Å². The fraction of sp³-hybridized carbons (Fsp3) is 0.400. The topological polar surface area (TPSA) is 64.8 Å². The molecule has 108 valence electrons. The Morgan fingerprint density at radius 3 is 2.25 bits per heavy atom. The monoisotopic (exact) mass is 276 g/mol. The van der Waals surface area contributed by atoms with Crippen LogP contribution >= 0.6 is 0 Å². The van der Waals surface area contributed by atoms with Gasteiger partial charge in [-0.25, -0.2) is 0 Å². The van der Waals surface area contributed by atoms with Gasteiger partial charge in [0.1, 0.15) is 12.2 Å². The molecule has 1 aliphatic heterocycles. The minimum atomic E-state index is -0.0612. The van der Waals surface area contributed by atoms with Crippen molar-refractivity contribution in [2.45, 2.75) is 12.2 Å². The lowest BCUT2D eigenvalue weighted by molar-refractivity contribution is -0.125. The van der Waals surface area contributed by atoms with Gasteiger partial charge >= 0.3 is 0 Å². The molecule has 2 rings (SSSR count). The molecule has 2 N–H and O–H groups in total. The van der Waals surface area contributed by atoms with Gasteiger partial charge in [-0.15, -0.1) is 0 Å². The summed E-state index contributed by atoms with van der Waals surface area (Å²) in [5, 5.41) is 0. The highest BCUT2D eigenvalue weighted by molar-refractivity contribution is 5.92. The molecule has 0 aromatic heterocycles. The number of hydrogen-bond acceptors (Lipinski definition) is 4. The van der Waals surface area contributed by atoms with E-state index in [0.29, 0.717) is 18.8 Å². The first-order valence-corrected chi connectivity index (χ1v) is 6.52. The van der Waals surface area contributed by atoms with Crippen LogP contribution < -0.4 is 5.73 Å². The van der Waals surface area contributed by atoms with Crippen molar-refractivity contribution in [2.24, 2.45) is 0 Å². The lowest BCUT2D eigenvalue weighted by Crippen LogP contribution is -2.28. The Labute approximate surface area is 119 Å². The van der Waals surface area contributed by atoms with Crippen molar-refractivity contribution in [3.8, 4) is 0 Å². The molecule has 1 heterocycles. The largest absolute Gasteiger partial charge is 0.399 e. The summed E-state index contributed by atoms with van der Waals surface area (Å²) in [7, 11) is 3.27. The molecule has 2 unspecified atom stereocenters. The summed E-state index contributed by atoms with van der Waals surface area (Å²) in [5.41, 5.74) is 7.27. The molecule has 1 aliphatic rings. The van der Waals surface area contributed by atoms with Crippen LogP contribution in [0, 0.1) is 0 Å². The van der Waals surface area contributed by atoms with Crippen LogP contribution in [0.4, 0.5) is 5.69 Å². The number of nitrogen functional groups attached to an aromatic ring is 1. The summed E-state index contributed by atoms with van der Waals surface area (Å²) >= 11 is 0. The van der Waals surface area contributed by atoms with Crippen LogP contribution in [-0.4, -0.2) is 50.3 Å². The number of nitrogens with two attached hydrogens (primary N) is 1. The molecule has 1 amide bonds. The van der Waals surface area contributed by atoms with Gasteiger partial charge in [0, 0.05) is 39.1 Å². The molecule has 0 saturated carbocycles. The predicted octanol–water partition coefficient (Wildman–Crippen LogP) is 1.15. The standard InChI is InChI=1S/C15H20N2O3/c1-19-13-9-17(10-14(13)20-2)15(18)8-5-11-3-6-12(16)7-4-11/h3-8,13-14H,9-10,16H2,1-2H3/b8-5+. The summed E-state index contributed by atoms with van der Waals surface area (Å²) in [6.07, 6.45) is 3.22. The molecule has 5 nitrogen and oxygen atoms in total. The highest BCUT2D eigenvalue weighted by atomic mass is 16.5. The highest BCUT2D eigenvalue weighted by Crippen LogP contribution is 2.16. The zero-order valence-corrected chi connectivity index (χ0v) is 11.8. The Hall–Kier alpha value is -1.85. The lowest BCUT2D eigenvalue weighted by Gasteiger charge is -2.13. The summed E-state index contributed by atoms with van der Waals surface area (Å²) in [5.74, 6) is -0.0385. The second-order valence-corrected chi connectivity index (χ2v) is 4.79. The number of anilines is 1. The van der Waals surface area contributed by atoms with E-state index in [1.54, 1.807) is 31.3 Å². The minimum absolute atomic E-state index is 0.0385. The van der Waals surface area contributed by atoms with E-state index in [4.69, 9.17) is 15.2 Å². The second-order valence-electron chi connectivity index (χ2n) is 4.79. The molecule has 0 bridgehead atoms. The highest BCUT2D eigenvalue weighted by Gasteiger charge is 2.34. The number of nitrogens with zero attached hydrogens (tertiary/aromatic N) is 1. The number of hydrogen-bond donors (Lipinski definition) is 1. The molecule has 1 saturated heterocycles. The molecule has 1 fully saturated rings. The number of rotatable bonds is 4. The maximum absolute atomic E-state index is 12.1. The molecule has 20 heavy (non-hydrogen) atoms. The summed E-state index contributed by atoms with van der Waals surface area (Å²) < 4.78 is 10.6. The van der Waals surface area contributed by atoms with Gasteiger partial charge in [0.25, 0.3) is 0 Å². The Morgan fingerprint density at radius 2 is 1.75 bits per heavy atom. The average Bonchev–Trinajstić information content (AvgIpc) is 2.89. The van der Waals surface area contributed by atoms with Crippen LogP contribution in [0.3, 0.4) is 0 Å². The van der Waals surface area contributed by atoms with E-state index in [1.165, 1.54) is 0 Å². The molecule has 0 spiro atoms. The minimum Gasteiger partial charge on any atom is -0.399 e. The molecule has 1 aromatic carbocycles. The van der Waals surface area contributed by atoms with Crippen molar-refractivity contribution in [3.63, 3.8) is 0 Å². The third-order valence-electron chi connectivity index (χ3n) is 3.49. The van der Waals surface area contributed by atoms with E-state index in [-0.39, 0.29) is 18.1 Å². The summed E-state index contributed by atoms with van der Waals surface area (Å²) in [6, 6.07) is 7.36. The quantitative estimate of drug-likeness (QED) is 0.662. The van der Waals surface area contributed by atoms with E-state index in [2.05, 4.69) is 0 Å². The molecule has 1 aromatic rings. The van der Waals surface area contributed by atoms with E-state index >= 15 is 0 Å². The number of amides is 1. The van der Waals surface area contributed by atoms with Crippen LogP contribution in [0.1, 0.15) is 5.56 Å². The van der Waals surface area contributed by atoms with E-state index in [9.17, 15) is 4.79 Å². The van der Waals surface area contributed by atoms with Crippen molar-refractivity contribution in [2.75, 3.05) is 33.0 Å². The van der Waals surface area contributed by atoms with Crippen LogP contribution in [0.5, 0.6) is 0 Å². The van der Waals surface area contributed by atoms with Crippen molar-refractivity contribution in [1.29, 1.82) is 0 Å². The third kappa shape index (κ3) is 3.37. The van der Waals surface area contributed by atoms with Gasteiger partial charge in [0.2, 0.25) is 5.91 Å². The number of benzene rings is 1. The normalized spacial score (nSPS) is 22.6. The van der Waals surface area contributed by atoms with Gasteiger partial charge in [-0.3, -0.25) is 4.79 Å². The van der Waals surface area contributed by atoms with Gasteiger partial charge in [0.05, 0.1) is 0 Å². The van der Waals surface area contributed by atoms with Crippen molar-refractivity contribution >= 4 is 17.7 Å². The average molecular weight is 276 g/mol. The molecule has 2 atom stereocenters. The molecular formula is C15H20N2O3. The first-order valence-electron chi connectivity index (χ1n) is 6.52. The van der Waals surface area contributed by atoms with Crippen molar-refractivity contribution < 1.29 is 14.3 Å². The zero-order chi connectivity index (χ0) is 14.5. The fourth-order valence-electron chi connectivity index (χ4n) is 2.26. The number of methoxy groups -OCH3 is 2. The number of likely N-dealkylation sites (tertiary alicyclic amines) is 1. The fourth-order valence-corrected chi connectivity index (χ4v) is 2.26. The maximum Gasteiger partial charge on any atom is 0.246 e. The molecule has 0 aliphatic carbocycles. The van der Waals surface area contributed by atoms with Gasteiger partial charge < -0.3 is 20.1 Å². The van der Waals surface area contributed by atoms with E-state index < -0.39 is 0 Å². The SMILES string of the molecule is COC1CN(C(=O)/C=C/c2ccc(N)cc2)CC1OC. The number of carbonyl (C=O) groups is 1. The molecular weight excluding hydrogens is 256 g/mol. The summed E-state index contributed by atoms with van der Waals surface area (Å²) in [6.45, 7) is 1.11. The van der Waals surface area contributed by atoms with Crippen molar-refractivity contribution in [3.05, 3.63) is 35.9 Å². The van der Waals surface area contributed by atoms with Gasteiger partial charge in [-0.1, -0.05) is 12.1 Å². The van der Waals surface area contributed by atoms with Gasteiger partial charge in [0.15, 0.2) is 0 Å². The van der Waals surface area contributed by atoms with Crippen LogP contribution in [0.25, 0.3) is 6.08 Å². The Morgan fingerprint density at radius 1 is 1.20 bits per heavy atom. The molecule has 5 heteroatoms. The number of ether oxygens (including phenoxy) is 2. The number of carbonyl (C=O) groups excluding carboxylic acids is 1. The van der Waals surface area contributed by atoms with Crippen LogP contribution in [-0.2, 0) is 14.3 Å². The first kappa shape index (κ1) is 14.6. The molecule has 0 radical (unpaired) electrons. The Balaban J connectivity index is 1.97. The van der Waals surface area contributed by atoms with E-state index in [0.717, 1.165) is 5.56 Å². The third-order valence-corrected chi connectivity index (χ3v) is 3.49. The lowest BCUT2D eigenvalue weighted by atomic mass is 10.2. The Kier molecular flexibility index (Phi) is 4.76. The van der Waals surface area contributed by atoms with E-state index in [1.807, 2.05) is 24.3 Å². The maximum atomic E-state index is 12.1. The predicted molar refractivity (Wildman–Crippen MR) is 78.1 cm³/mol. The second kappa shape index (κ2) is 6.54. The Bertz CT molecular complexity index is 472. The van der Waals surface area contributed by atoms with Crippen LogP contribution in [0.2, 0.25) is 0 Å². The van der Waals surface area contributed by atoms with Crippen molar-refractivity contribution in [1.82, 2.24) is 4.90 Å². The smallest absolute Gasteiger partial charge is 0.246 e. The van der Waals surface area contributed by atoms with Gasteiger partial charge in [-0.2, -0.15) is 0 Å². The first-order chi connectivity index (χ1) is 9.63. The summed E-state index contributed by atoms with van der Waals surface area (Å²) in [4.78, 5) is 13.8.